The first kappa shape index (κ1) is 19.7. The minimum Gasteiger partial charge on any atom is -0.322 e. The first-order valence-electron chi connectivity index (χ1n) is 8.72. The second-order valence-electron chi connectivity index (χ2n) is 6.46. The van der Waals surface area contributed by atoms with Gasteiger partial charge in [0.2, 0.25) is 10.0 Å². The van der Waals surface area contributed by atoms with Gasteiger partial charge in [0.1, 0.15) is 0 Å². The van der Waals surface area contributed by atoms with Gasteiger partial charge >= 0.3 is 0 Å². The number of nitrogens with one attached hydrogen (secondary N) is 2. The molecule has 0 aliphatic carbocycles. The predicted octanol–water partition coefficient (Wildman–Crippen LogP) is 3.43. The molecule has 144 valence electrons. The Hall–Kier alpha value is -3.03. The van der Waals surface area contributed by atoms with Gasteiger partial charge in [-0.1, -0.05) is 6.07 Å². The number of pyridine rings is 1. The molecular weight excluding hydrogens is 374 g/mol. The SMILES string of the molecule is Cc1ccc(NC(=O)c2ccc(S(=O)(=O)NCc3ccncc3)cc2)cc1C. The summed E-state index contributed by atoms with van der Waals surface area (Å²) in [6.45, 7) is 4.15. The van der Waals surface area contributed by atoms with Crippen molar-refractivity contribution in [2.45, 2.75) is 25.3 Å². The number of benzene rings is 2. The fraction of sp³-hybridized carbons (Fsp3) is 0.143. The standard InChI is InChI=1S/C21H21N3O3S/c1-15-3-6-19(13-16(15)2)24-21(25)18-4-7-20(8-5-18)28(26,27)23-14-17-9-11-22-12-10-17/h3-13,23H,14H2,1-2H3,(H,24,25). The number of amides is 1. The Bertz CT molecular complexity index is 1080. The summed E-state index contributed by atoms with van der Waals surface area (Å²) in [5, 5.41) is 2.82. The van der Waals surface area contributed by atoms with Gasteiger partial charge in [-0.25, -0.2) is 13.1 Å². The van der Waals surface area contributed by atoms with Crippen LogP contribution in [0, 0.1) is 13.8 Å². The highest BCUT2D eigenvalue weighted by atomic mass is 32.2. The lowest BCUT2D eigenvalue weighted by Gasteiger charge is -2.09. The molecule has 0 atom stereocenters. The van der Waals surface area contributed by atoms with Crippen molar-refractivity contribution < 1.29 is 13.2 Å². The lowest BCUT2D eigenvalue weighted by molar-refractivity contribution is 0.102. The molecule has 3 rings (SSSR count). The van der Waals surface area contributed by atoms with Crippen LogP contribution < -0.4 is 10.0 Å². The summed E-state index contributed by atoms with van der Waals surface area (Å²) in [6.07, 6.45) is 3.21. The van der Waals surface area contributed by atoms with Gasteiger partial charge in [-0.05, 0) is 79.1 Å². The average molecular weight is 395 g/mol. The molecule has 0 aliphatic heterocycles. The molecule has 28 heavy (non-hydrogen) atoms. The topological polar surface area (TPSA) is 88.2 Å². The number of anilines is 1. The number of hydrogen-bond acceptors (Lipinski definition) is 4. The Morgan fingerprint density at radius 1 is 0.929 bits per heavy atom. The summed E-state index contributed by atoms with van der Waals surface area (Å²) in [6, 6.07) is 15.0. The summed E-state index contributed by atoms with van der Waals surface area (Å²) in [5.74, 6) is -0.294. The van der Waals surface area contributed by atoms with E-state index in [2.05, 4.69) is 15.0 Å². The van der Waals surface area contributed by atoms with Crippen LogP contribution in [0.5, 0.6) is 0 Å². The van der Waals surface area contributed by atoms with Crippen LogP contribution in [0.4, 0.5) is 5.69 Å². The molecule has 6 nitrogen and oxygen atoms in total. The van der Waals surface area contributed by atoms with Crippen molar-refractivity contribution in [2.24, 2.45) is 0 Å². The summed E-state index contributed by atoms with van der Waals surface area (Å²) < 4.78 is 27.4. The number of hydrogen-bond donors (Lipinski definition) is 2. The molecule has 0 saturated carbocycles. The van der Waals surface area contributed by atoms with Crippen molar-refractivity contribution in [2.75, 3.05) is 5.32 Å². The van der Waals surface area contributed by atoms with E-state index in [0.717, 1.165) is 16.7 Å². The van der Waals surface area contributed by atoms with Gasteiger partial charge in [-0.3, -0.25) is 9.78 Å². The van der Waals surface area contributed by atoms with E-state index in [-0.39, 0.29) is 17.3 Å². The fourth-order valence-corrected chi connectivity index (χ4v) is 3.59. The minimum absolute atomic E-state index is 0.101. The maximum absolute atomic E-state index is 12.4. The molecule has 0 spiro atoms. The molecule has 2 N–H and O–H groups in total. The van der Waals surface area contributed by atoms with Crippen LogP contribution >= 0.6 is 0 Å². The monoisotopic (exact) mass is 395 g/mol. The highest BCUT2D eigenvalue weighted by Crippen LogP contribution is 2.16. The molecule has 2 aromatic carbocycles. The van der Waals surface area contributed by atoms with Crippen molar-refractivity contribution in [3.8, 4) is 0 Å². The molecule has 1 aromatic heterocycles. The van der Waals surface area contributed by atoms with Crippen LogP contribution in [-0.2, 0) is 16.6 Å². The summed E-state index contributed by atoms with van der Waals surface area (Å²) in [4.78, 5) is 16.4. The molecule has 0 unspecified atom stereocenters. The summed E-state index contributed by atoms with van der Waals surface area (Å²) in [7, 11) is -3.67. The minimum atomic E-state index is -3.67. The molecule has 7 heteroatoms. The molecule has 0 fully saturated rings. The van der Waals surface area contributed by atoms with Gasteiger partial charge in [-0.15, -0.1) is 0 Å². The van der Waals surface area contributed by atoms with E-state index in [4.69, 9.17) is 0 Å². The summed E-state index contributed by atoms with van der Waals surface area (Å²) >= 11 is 0. The van der Waals surface area contributed by atoms with E-state index in [1.54, 1.807) is 24.5 Å². The number of carbonyl (C=O) groups is 1. The van der Waals surface area contributed by atoms with Gasteiger partial charge in [0.25, 0.3) is 5.91 Å². The Morgan fingerprint density at radius 3 is 2.25 bits per heavy atom. The van der Waals surface area contributed by atoms with Crippen molar-refractivity contribution >= 4 is 21.6 Å². The third kappa shape index (κ3) is 4.82. The lowest BCUT2D eigenvalue weighted by atomic mass is 10.1. The van der Waals surface area contributed by atoms with Crippen molar-refractivity contribution in [3.05, 3.63) is 89.2 Å². The maximum atomic E-state index is 12.4. The number of aromatic nitrogens is 1. The zero-order valence-electron chi connectivity index (χ0n) is 15.6. The van der Waals surface area contributed by atoms with E-state index in [0.29, 0.717) is 11.3 Å². The van der Waals surface area contributed by atoms with Crippen LogP contribution in [0.25, 0.3) is 0 Å². The number of nitrogens with zero attached hydrogens (tertiary/aromatic N) is 1. The van der Waals surface area contributed by atoms with E-state index < -0.39 is 10.0 Å². The third-order valence-electron chi connectivity index (χ3n) is 4.41. The second-order valence-corrected chi connectivity index (χ2v) is 8.22. The fourth-order valence-electron chi connectivity index (χ4n) is 2.57. The Labute approximate surface area is 164 Å². The second kappa shape index (κ2) is 8.33. The normalized spacial score (nSPS) is 11.2. The van der Waals surface area contributed by atoms with Gasteiger partial charge < -0.3 is 5.32 Å². The molecule has 3 aromatic rings. The molecule has 0 saturated heterocycles. The van der Waals surface area contributed by atoms with Gasteiger partial charge in [-0.2, -0.15) is 0 Å². The van der Waals surface area contributed by atoms with E-state index in [9.17, 15) is 13.2 Å². The zero-order valence-corrected chi connectivity index (χ0v) is 16.5. The number of aryl methyl sites for hydroxylation is 2. The van der Waals surface area contributed by atoms with Crippen LogP contribution in [0.2, 0.25) is 0 Å². The van der Waals surface area contributed by atoms with E-state index >= 15 is 0 Å². The van der Waals surface area contributed by atoms with Crippen LogP contribution in [-0.4, -0.2) is 19.3 Å². The number of rotatable bonds is 6. The third-order valence-corrected chi connectivity index (χ3v) is 5.82. The smallest absolute Gasteiger partial charge is 0.255 e. The molecule has 0 bridgehead atoms. The van der Waals surface area contributed by atoms with Crippen LogP contribution in [0.1, 0.15) is 27.0 Å². The van der Waals surface area contributed by atoms with Crippen molar-refractivity contribution in [1.29, 1.82) is 0 Å². The maximum Gasteiger partial charge on any atom is 0.255 e. The van der Waals surface area contributed by atoms with E-state index in [1.165, 1.54) is 24.3 Å². The van der Waals surface area contributed by atoms with Gasteiger partial charge in [0.05, 0.1) is 4.90 Å². The van der Waals surface area contributed by atoms with Gasteiger partial charge in [0, 0.05) is 30.2 Å². The first-order chi connectivity index (χ1) is 13.3. The highest BCUT2D eigenvalue weighted by molar-refractivity contribution is 7.89. The Balaban J connectivity index is 1.67. The van der Waals surface area contributed by atoms with Crippen LogP contribution in [0.15, 0.2) is 71.9 Å². The molecular formula is C21H21N3O3S. The Morgan fingerprint density at radius 2 is 1.61 bits per heavy atom. The molecule has 0 aliphatic rings. The van der Waals surface area contributed by atoms with Crippen molar-refractivity contribution in [1.82, 2.24) is 9.71 Å². The highest BCUT2D eigenvalue weighted by Gasteiger charge is 2.15. The van der Waals surface area contributed by atoms with Crippen LogP contribution in [0.3, 0.4) is 0 Å². The number of carbonyl (C=O) groups excluding carboxylic acids is 1. The average Bonchev–Trinajstić information content (AvgIpc) is 2.70. The van der Waals surface area contributed by atoms with Crippen molar-refractivity contribution in [3.63, 3.8) is 0 Å². The predicted molar refractivity (Wildman–Crippen MR) is 109 cm³/mol. The molecule has 1 heterocycles. The molecule has 0 radical (unpaired) electrons. The first-order valence-corrected chi connectivity index (χ1v) is 10.2. The zero-order chi connectivity index (χ0) is 20.1. The lowest BCUT2D eigenvalue weighted by Crippen LogP contribution is -2.23. The van der Waals surface area contributed by atoms with Gasteiger partial charge in [0.15, 0.2) is 0 Å². The number of sulfonamides is 1. The quantitative estimate of drug-likeness (QED) is 0.669. The largest absolute Gasteiger partial charge is 0.322 e. The molecule has 1 amide bonds. The summed E-state index contributed by atoms with van der Waals surface area (Å²) in [5.41, 5.74) is 4.12. The van der Waals surface area contributed by atoms with E-state index in [1.807, 2.05) is 32.0 Å². The Kier molecular flexibility index (Phi) is 5.87.